The van der Waals surface area contributed by atoms with Crippen molar-refractivity contribution in [3.05, 3.63) is 0 Å². The maximum Gasteiger partial charge on any atom is 0.209 e. The third-order valence-electron chi connectivity index (χ3n) is 2.70. The molecule has 1 aliphatic rings. The summed E-state index contributed by atoms with van der Waals surface area (Å²) in [5.74, 6) is 0. The molecular formula is C11H21NO2. The summed E-state index contributed by atoms with van der Waals surface area (Å²) in [7, 11) is 0. The first kappa shape index (κ1) is 11.5. The first-order chi connectivity index (χ1) is 6.86. The summed E-state index contributed by atoms with van der Waals surface area (Å²) in [6.07, 6.45) is 7.41. The molecule has 3 nitrogen and oxygen atoms in total. The zero-order chi connectivity index (χ0) is 10.2. The number of ether oxygens (including phenoxy) is 1. The average Bonchev–Trinajstić information content (AvgIpc) is 2.25. The van der Waals surface area contributed by atoms with Crippen LogP contribution in [0.5, 0.6) is 0 Å². The van der Waals surface area contributed by atoms with Gasteiger partial charge in [-0.25, -0.2) is 0 Å². The second kappa shape index (κ2) is 6.82. The van der Waals surface area contributed by atoms with Crippen molar-refractivity contribution in [3.8, 4) is 0 Å². The van der Waals surface area contributed by atoms with E-state index in [1.165, 1.54) is 25.7 Å². The van der Waals surface area contributed by atoms with E-state index >= 15 is 0 Å². The molecule has 1 rings (SSSR count). The Kier molecular flexibility index (Phi) is 5.60. The molecule has 0 aromatic rings. The maximum atomic E-state index is 10.6. The molecule has 1 atom stereocenters. The summed E-state index contributed by atoms with van der Waals surface area (Å²) in [4.78, 5) is 12.4. The van der Waals surface area contributed by atoms with Crippen molar-refractivity contribution >= 4 is 6.41 Å². The Morgan fingerprint density at radius 1 is 1.43 bits per heavy atom. The van der Waals surface area contributed by atoms with Crippen molar-refractivity contribution in [1.29, 1.82) is 0 Å². The van der Waals surface area contributed by atoms with Crippen LogP contribution in [0.2, 0.25) is 0 Å². The van der Waals surface area contributed by atoms with Gasteiger partial charge in [0.1, 0.15) is 0 Å². The molecule has 0 N–H and O–H groups in total. The van der Waals surface area contributed by atoms with E-state index in [0.717, 1.165) is 25.9 Å². The maximum absolute atomic E-state index is 10.6. The van der Waals surface area contributed by atoms with Gasteiger partial charge >= 0.3 is 0 Å². The van der Waals surface area contributed by atoms with Gasteiger partial charge in [-0.1, -0.05) is 32.6 Å². The van der Waals surface area contributed by atoms with E-state index in [2.05, 4.69) is 6.92 Å². The van der Waals surface area contributed by atoms with Gasteiger partial charge in [0, 0.05) is 13.1 Å². The second-order valence-electron chi connectivity index (χ2n) is 3.94. The normalized spacial score (nSPS) is 22.4. The minimum absolute atomic E-state index is 0.283. The van der Waals surface area contributed by atoms with Crippen LogP contribution in [0.25, 0.3) is 0 Å². The first-order valence-corrected chi connectivity index (χ1v) is 5.67. The molecule has 1 unspecified atom stereocenters. The monoisotopic (exact) mass is 199 g/mol. The number of carbonyl (C=O) groups excluding carboxylic acids is 1. The molecule has 1 fully saturated rings. The topological polar surface area (TPSA) is 29.5 Å². The van der Waals surface area contributed by atoms with Gasteiger partial charge in [0.15, 0.2) is 0 Å². The zero-order valence-electron chi connectivity index (χ0n) is 9.08. The lowest BCUT2D eigenvalue weighted by Gasteiger charge is -2.30. The molecule has 0 saturated carbocycles. The summed E-state index contributed by atoms with van der Waals surface area (Å²) in [6.45, 7) is 4.47. The van der Waals surface area contributed by atoms with E-state index in [9.17, 15) is 4.79 Å². The third kappa shape index (κ3) is 4.09. The number of unbranched alkanes of at least 4 members (excludes halogenated alkanes) is 3. The van der Waals surface area contributed by atoms with Crippen LogP contribution < -0.4 is 0 Å². The first-order valence-electron chi connectivity index (χ1n) is 5.67. The molecule has 1 heterocycles. The van der Waals surface area contributed by atoms with E-state index in [1.54, 1.807) is 0 Å². The predicted molar refractivity (Wildman–Crippen MR) is 56.1 cm³/mol. The predicted octanol–water partition coefficient (Wildman–Crippen LogP) is 1.81. The van der Waals surface area contributed by atoms with Crippen LogP contribution in [0, 0.1) is 0 Å². The Balaban J connectivity index is 2.08. The van der Waals surface area contributed by atoms with Crippen molar-refractivity contribution in [1.82, 2.24) is 4.90 Å². The van der Waals surface area contributed by atoms with Gasteiger partial charge < -0.3 is 9.64 Å². The molecule has 0 spiro atoms. The van der Waals surface area contributed by atoms with E-state index < -0.39 is 0 Å². The van der Waals surface area contributed by atoms with Gasteiger partial charge in [0.25, 0.3) is 0 Å². The summed E-state index contributed by atoms with van der Waals surface area (Å²) in [5.41, 5.74) is 0. The molecule has 0 bridgehead atoms. The molecule has 0 aromatic heterocycles. The Labute approximate surface area is 86.4 Å². The summed E-state index contributed by atoms with van der Waals surface area (Å²) in [6, 6.07) is 0. The van der Waals surface area contributed by atoms with Gasteiger partial charge in [-0.3, -0.25) is 4.79 Å². The SMILES string of the molecule is CCCCCCC1CN(C=O)CCO1. The van der Waals surface area contributed by atoms with Crippen LogP contribution in [-0.4, -0.2) is 37.1 Å². The highest BCUT2D eigenvalue weighted by molar-refractivity contribution is 5.47. The molecule has 0 radical (unpaired) electrons. The smallest absolute Gasteiger partial charge is 0.209 e. The number of hydrogen-bond acceptors (Lipinski definition) is 2. The molecule has 0 aliphatic carbocycles. The number of rotatable bonds is 6. The average molecular weight is 199 g/mol. The number of nitrogens with zero attached hydrogens (tertiary/aromatic N) is 1. The Morgan fingerprint density at radius 2 is 2.29 bits per heavy atom. The van der Waals surface area contributed by atoms with Gasteiger partial charge in [-0.15, -0.1) is 0 Å². The largest absolute Gasteiger partial charge is 0.375 e. The van der Waals surface area contributed by atoms with Gasteiger partial charge in [-0.05, 0) is 6.42 Å². The van der Waals surface area contributed by atoms with E-state index in [0.29, 0.717) is 6.61 Å². The summed E-state index contributed by atoms with van der Waals surface area (Å²) in [5, 5.41) is 0. The fourth-order valence-corrected chi connectivity index (χ4v) is 1.81. The molecule has 1 aliphatic heterocycles. The highest BCUT2D eigenvalue weighted by Crippen LogP contribution is 2.12. The minimum Gasteiger partial charge on any atom is -0.375 e. The molecule has 1 saturated heterocycles. The van der Waals surface area contributed by atoms with Crippen LogP contribution in [0.15, 0.2) is 0 Å². The van der Waals surface area contributed by atoms with E-state index in [4.69, 9.17) is 4.74 Å². The van der Waals surface area contributed by atoms with Crippen LogP contribution in [0.3, 0.4) is 0 Å². The Hall–Kier alpha value is -0.570. The molecular weight excluding hydrogens is 178 g/mol. The van der Waals surface area contributed by atoms with Gasteiger partial charge in [-0.2, -0.15) is 0 Å². The lowest BCUT2D eigenvalue weighted by Crippen LogP contribution is -2.41. The number of carbonyl (C=O) groups is 1. The van der Waals surface area contributed by atoms with E-state index in [1.807, 2.05) is 4.90 Å². The molecule has 1 amide bonds. The minimum atomic E-state index is 0.283. The number of morpholine rings is 1. The quantitative estimate of drug-likeness (QED) is 0.482. The fraction of sp³-hybridized carbons (Fsp3) is 0.909. The Morgan fingerprint density at radius 3 is 3.00 bits per heavy atom. The lowest BCUT2D eigenvalue weighted by atomic mass is 10.1. The van der Waals surface area contributed by atoms with Crippen molar-refractivity contribution < 1.29 is 9.53 Å². The van der Waals surface area contributed by atoms with Crippen molar-refractivity contribution in [2.24, 2.45) is 0 Å². The summed E-state index contributed by atoms with van der Waals surface area (Å²) >= 11 is 0. The Bertz CT molecular complexity index is 161. The van der Waals surface area contributed by atoms with Crippen LogP contribution in [0.4, 0.5) is 0 Å². The fourth-order valence-electron chi connectivity index (χ4n) is 1.81. The van der Waals surface area contributed by atoms with Gasteiger partial charge in [0.2, 0.25) is 6.41 Å². The molecule has 82 valence electrons. The van der Waals surface area contributed by atoms with Crippen LogP contribution >= 0.6 is 0 Å². The molecule has 0 aromatic carbocycles. The second-order valence-corrected chi connectivity index (χ2v) is 3.94. The molecule has 3 heteroatoms. The van der Waals surface area contributed by atoms with Crippen molar-refractivity contribution in [3.63, 3.8) is 0 Å². The highest BCUT2D eigenvalue weighted by atomic mass is 16.5. The number of amides is 1. The lowest BCUT2D eigenvalue weighted by molar-refractivity contribution is -0.125. The number of hydrogen-bond donors (Lipinski definition) is 0. The highest BCUT2D eigenvalue weighted by Gasteiger charge is 2.18. The summed E-state index contributed by atoms with van der Waals surface area (Å²) < 4.78 is 5.59. The standard InChI is InChI=1S/C11H21NO2/c1-2-3-4-5-6-11-9-12(10-13)7-8-14-11/h10-11H,2-9H2,1H3. The van der Waals surface area contributed by atoms with Crippen LogP contribution in [-0.2, 0) is 9.53 Å². The van der Waals surface area contributed by atoms with Crippen molar-refractivity contribution in [2.75, 3.05) is 19.7 Å². The molecule has 14 heavy (non-hydrogen) atoms. The van der Waals surface area contributed by atoms with E-state index in [-0.39, 0.29) is 6.10 Å². The zero-order valence-corrected chi connectivity index (χ0v) is 9.08. The van der Waals surface area contributed by atoms with Crippen LogP contribution in [0.1, 0.15) is 39.0 Å². The van der Waals surface area contributed by atoms with Gasteiger partial charge in [0.05, 0.1) is 12.7 Å². The third-order valence-corrected chi connectivity index (χ3v) is 2.70. The van der Waals surface area contributed by atoms with Crippen molar-refractivity contribution in [2.45, 2.75) is 45.1 Å².